The van der Waals surface area contributed by atoms with Gasteiger partial charge in [0, 0.05) is 13.2 Å². The van der Waals surface area contributed by atoms with Crippen molar-refractivity contribution in [1.29, 1.82) is 0 Å². The molecule has 0 N–H and O–H groups in total. The summed E-state index contributed by atoms with van der Waals surface area (Å²) >= 11 is 3.01. The molecule has 0 aromatic heterocycles. The van der Waals surface area contributed by atoms with Crippen LogP contribution in [0.2, 0.25) is 0 Å². The highest BCUT2D eigenvalue weighted by Gasteiger charge is 2.23. The Morgan fingerprint density at radius 1 is 1.33 bits per heavy atom. The lowest BCUT2D eigenvalue weighted by Gasteiger charge is -2.21. The van der Waals surface area contributed by atoms with E-state index < -0.39 is 15.7 Å². The first-order valence-corrected chi connectivity index (χ1v) is 8.19. The molecular weight excluding hydrogens is 323 g/mol. The predicted octanol–water partition coefficient (Wildman–Crippen LogP) is 2.79. The molecule has 3 nitrogen and oxygen atoms in total. The molecule has 18 heavy (non-hydrogen) atoms. The van der Waals surface area contributed by atoms with E-state index in [-0.39, 0.29) is 21.0 Å². The molecule has 0 amide bonds. The van der Waals surface area contributed by atoms with Gasteiger partial charge in [0.25, 0.3) is 0 Å². The molecule has 1 aliphatic rings. The Morgan fingerprint density at radius 2 is 2.00 bits per heavy atom. The van der Waals surface area contributed by atoms with Crippen molar-refractivity contribution in [1.82, 2.24) is 0 Å². The second kappa shape index (κ2) is 5.67. The molecular formula is C12H14BrFO3S. The third kappa shape index (κ3) is 3.30. The van der Waals surface area contributed by atoms with Gasteiger partial charge in [-0.1, -0.05) is 0 Å². The van der Waals surface area contributed by atoms with Crippen molar-refractivity contribution in [3.05, 3.63) is 28.5 Å². The number of hydrogen-bond donors (Lipinski definition) is 0. The van der Waals surface area contributed by atoms with E-state index in [2.05, 4.69) is 15.9 Å². The molecule has 1 fully saturated rings. The highest BCUT2D eigenvalue weighted by atomic mass is 79.9. The van der Waals surface area contributed by atoms with E-state index in [0.29, 0.717) is 13.2 Å². The van der Waals surface area contributed by atoms with Crippen LogP contribution in [0.3, 0.4) is 0 Å². The van der Waals surface area contributed by atoms with E-state index >= 15 is 0 Å². The Kier molecular flexibility index (Phi) is 4.40. The summed E-state index contributed by atoms with van der Waals surface area (Å²) in [6.45, 7) is 1.21. The molecule has 1 heterocycles. The molecule has 0 spiro atoms. The average Bonchev–Trinajstić information content (AvgIpc) is 2.33. The summed E-state index contributed by atoms with van der Waals surface area (Å²) in [5.41, 5.74) is 0. The first-order chi connectivity index (χ1) is 8.49. The second-order valence-electron chi connectivity index (χ2n) is 4.41. The Labute approximate surface area is 114 Å². The number of hydrogen-bond acceptors (Lipinski definition) is 3. The third-order valence-corrected chi connectivity index (χ3v) is 5.57. The van der Waals surface area contributed by atoms with Gasteiger partial charge in [0.05, 0.1) is 15.1 Å². The van der Waals surface area contributed by atoms with Gasteiger partial charge in [-0.15, -0.1) is 0 Å². The SMILES string of the molecule is O=S(=O)(CC1CCOCC1)c1ccc(Br)c(F)c1. The molecule has 2 rings (SSSR count). The zero-order chi connectivity index (χ0) is 13.2. The summed E-state index contributed by atoms with van der Waals surface area (Å²) in [4.78, 5) is 0.0506. The van der Waals surface area contributed by atoms with Crippen molar-refractivity contribution < 1.29 is 17.5 Å². The summed E-state index contributed by atoms with van der Waals surface area (Å²) in [7, 11) is -3.42. The van der Waals surface area contributed by atoms with Crippen LogP contribution in [0, 0.1) is 11.7 Å². The monoisotopic (exact) mass is 336 g/mol. The lowest BCUT2D eigenvalue weighted by molar-refractivity contribution is 0.0723. The number of benzene rings is 1. The smallest absolute Gasteiger partial charge is 0.178 e. The summed E-state index contributed by atoms with van der Waals surface area (Å²) in [6, 6.07) is 3.92. The molecule has 0 atom stereocenters. The molecule has 0 aliphatic carbocycles. The topological polar surface area (TPSA) is 43.4 Å². The van der Waals surface area contributed by atoms with Crippen molar-refractivity contribution in [2.24, 2.45) is 5.92 Å². The highest BCUT2D eigenvalue weighted by molar-refractivity contribution is 9.10. The maximum absolute atomic E-state index is 13.4. The lowest BCUT2D eigenvalue weighted by Crippen LogP contribution is -2.23. The van der Waals surface area contributed by atoms with Crippen molar-refractivity contribution in [2.75, 3.05) is 19.0 Å². The van der Waals surface area contributed by atoms with Crippen molar-refractivity contribution >= 4 is 25.8 Å². The van der Waals surface area contributed by atoms with E-state index in [1.165, 1.54) is 12.1 Å². The largest absolute Gasteiger partial charge is 0.381 e. The number of ether oxygens (including phenoxy) is 1. The van der Waals surface area contributed by atoms with Crippen LogP contribution in [0.15, 0.2) is 27.6 Å². The van der Waals surface area contributed by atoms with Crippen LogP contribution >= 0.6 is 15.9 Å². The fourth-order valence-electron chi connectivity index (χ4n) is 1.99. The molecule has 0 unspecified atom stereocenters. The standard InChI is InChI=1S/C12H14BrFO3S/c13-11-2-1-10(7-12(11)14)18(15,16)8-9-3-5-17-6-4-9/h1-2,7,9H,3-6,8H2. The Balaban J connectivity index is 2.16. The number of rotatable bonds is 3. The Morgan fingerprint density at radius 3 is 2.61 bits per heavy atom. The predicted molar refractivity (Wildman–Crippen MR) is 69.7 cm³/mol. The van der Waals surface area contributed by atoms with Crippen LogP contribution in [0.1, 0.15) is 12.8 Å². The average molecular weight is 337 g/mol. The van der Waals surface area contributed by atoms with E-state index in [4.69, 9.17) is 4.74 Å². The number of sulfone groups is 1. The molecule has 1 saturated heterocycles. The summed E-state index contributed by atoms with van der Waals surface area (Å²) < 4.78 is 43.1. The molecule has 0 radical (unpaired) electrons. The first-order valence-electron chi connectivity index (χ1n) is 5.74. The van der Waals surface area contributed by atoms with Gasteiger partial charge in [-0.25, -0.2) is 12.8 Å². The van der Waals surface area contributed by atoms with E-state index in [1.54, 1.807) is 0 Å². The minimum atomic E-state index is -3.42. The van der Waals surface area contributed by atoms with Gasteiger partial charge in [-0.2, -0.15) is 0 Å². The van der Waals surface area contributed by atoms with Crippen LogP contribution in [0.5, 0.6) is 0 Å². The highest BCUT2D eigenvalue weighted by Crippen LogP contribution is 2.24. The molecule has 100 valence electrons. The summed E-state index contributed by atoms with van der Waals surface area (Å²) in [5, 5.41) is 0. The summed E-state index contributed by atoms with van der Waals surface area (Å²) in [5.74, 6) is -0.379. The second-order valence-corrected chi connectivity index (χ2v) is 7.30. The fourth-order valence-corrected chi connectivity index (χ4v) is 3.94. The molecule has 0 saturated carbocycles. The van der Waals surface area contributed by atoms with Gasteiger partial charge in [0.15, 0.2) is 9.84 Å². The fraction of sp³-hybridized carbons (Fsp3) is 0.500. The van der Waals surface area contributed by atoms with Gasteiger partial charge in [-0.3, -0.25) is 0 Å². The minimum Gasteiger partial charge on any atom is -0.381 e. The Hall–Kier alpha value is -0.460. The van der Waals surface area contributed by atoms with Crippen LogP contribution < -0.4 is 0 Å². The van der Waals surface area contributed by atoms with E-state index in [0.717, 1.165) is 18.9 Å². The molecule has 6 heteroatoms. The zero-order valence-corrected chi connectivity index (χ0v) is 12.1. The normalized spacial score (nSPS) is 17.9. The van der Waals surface area contributed by atoms with Crippen molar-refractivity contribution in [3.63, 3.8) is 0 Å². The van der Waals surface area contributed by atoms with Gasteiger partial charge in [-0.05, 0) is 52.9 Å². The van der Waals surface area contributed by atoms with Crippen LogP contribution in [-0.4, -0.2) is 27.4 Å². The van der Waals surface area contributed by atoms with Crippen LogP contribution in [0.4, 0.5) is 4.39 Å². The van der Waals surface area contributed by atoms with Gasteiger partial charge in [0.1, 0.15) is 5.82 Å². The van der Waals surface area contributed by atoms with Crippen LogP contribution in [0.25, 0.3) is 0 Å². The molecule has 1 aromatic carbocycles. The Bertz CT molecular complexity index is 524. The minimum absolute atomic E-state index is 0.0506. The van der Waals surface area contributed by atoms with Crippen LogP contribution in [-0.2, 0) is 14.6 Å². The first kappa shape index (κ1) is 14.0. The van der Waals surface area contributed by atoms with Gasteiger partial charge < -0.3 is 4.74 Å². The zero-order valence-electron chi connectivity index (χ0n) is 9.73. The molecule has 0 bridgehead atoms. The van der Waals surface area contributed by atoms with Gasteiger partial charge in [0.2, 0.25) is 0 Å². The quantitative estimate of drug-likeness (QED) is 0.852. The molecule has 1 aromatic rings. The number of halogens is 2. The van der Waals surface area contributed by atoms with Crippen molar-refractivity contribution in [3.8, 4) is 0 Å². The van der Waals surface area contributed by atoms with Gasteiger partial charge >= 0.3 is 0 Å². The third-order valence-electron chi connectivity index (χ3n) is 3.05. The lowest BCUT2D eigenvalue weighted by atomic mass is 10.0. The van der Waals surface area contributed by atoms with Crippen molar-refractivity contribution in [2.45, 2.75) is 17.7 Å². The molecule has 1 aliphatic heterocycles. The maximum Gasteiger partial charge on any atom is 0.178 e. The van der Waals surface area contributed by atoms with E-state index in [9.17, 15) is 12.8 Å². The van der Waals surface area contributed by atoms with E-state index in [1.807, 2.05) is 0 Å². The maximum atomic E-state index is 13.4. The summed E-state index contributed by atoms with van der Waals surface area (Å²) in [6.07, 6.45) is 1.50.